The van der Waals surface area contributed by atoms with Crippen LogP contribution in [0, 0.1) is 6.92 Å². The highest BCUT2D eigenvalue weighted by Crippen LogP contribution is 2.27. The van der Waals surface area contributed by atoms with Gasteiger partial charge in [0.1, 0.15) is 22.8 Å². The fraction of sp³-hybridized carbons (Fsp3) is 0.130. The number of benzene rings is 2. The molecule has 0 radical (unpaired) electrons. The van der Waals surface area contributed by atoms with E-state index in [0.29, 0.717) is 22.8 Å². The Labute approximate surface area is 183 Å². The minimum atomic E-state index is -0.684. The summed E-state index contributed by atoms with van der Waals surface area (Å²) in [6, 6.07) is 18.1. The number of nitrogens with one attached hydrogen (secondary N) is 1. The normalized spacial score (nSPS) is 10.6. The second-order valence-corrected chi connectivity index (χ2v) is 6.85. The van der Waals surface area contributed by atoms with Crippen LogP contribution >= 0.6 is 0 Å². The highest BCUT2D eigenvalue weighted by atomic mass is 16.5. The van der Waals surface area contributed by atoms with Crippen molar-refractivity contribution in [2.75, 3.05) is 19.0 Å². The summed E-state index contributed by atoms with van der Waals surface area (Å²) in [4.78, 5) is 25.0. The first-order valence-corrected chi connectivity index (χ1v) is 9.73. The van der Waals surface area contributed by atoms with Gasteiger partial charge in [-0.25, -0.2) is 9.48 Å². The van der Waals surface area contributed by atoms with Gasteiger partial charge < -0.3 is 19.3 Å². The minimum Gasteiger partial charge on any atom is -0.497 e. The Morgan fingerprint density at radius 3 is 2.62 bits per heavy atom. The zero-order chi connectivity index (χ0) is 22.5. The minimum absolute atomic E-state index is 0.215. The number of carbonyl (C=O) groups excluding carboxylic acids is 2. The van der Waals surface area contributed by atoms with Crippen LogP contribution in [0.2, 0.25) is 0 Å². The average molecular weight is 432 g/mol. The van der Waals surface area contributed by atoms with E-state index in [2.05, 4.69) is 15.6 Å². The van der Waals surface area contributed by atoms with Crippen LogP contribution in [0.3, 0.4) is 0 Å². The predicted molar refractivity (Wildman–Crippen MR) is 116 cm³/mol. The largest absolute Gasteiger partial charge is 0.497 e. The van der Waals surface area contributed by atoms with E-state index in [1.807, 2.05) is 36.4 Å². The van der Waals surface area contributed by atoms with Crippen LogP contribution in [0.15, 0.2) is 71.4 Å². The summed E-state index contributed by atoms with van der Waals surface area (Å²) in [6.07, 6.45) is 1.57. The first-order chi connectivity index (χ1) is 15.5. The molecule has 0 atom stereocenters. The van der Waals surface area contributed by atoms with Crippen molar-refractivity contribution in [2.45, 2.75) is 6.92 Å². The average Bonchev–Trinajstić information content (AvgIpc) is 3.44. The molecule has 9 nitrogen and oxygen atoms in total. The maximum Gasteiger partial charge on any atom is 0.342 e. The van der Waals surface area contributed by atoms with Crippen molar-refractivity contribution < 1.29 is 23.6 Å². The summed E-state index contributed by atoms with van der Waals surface area (Å²) in [7, 11) is 1.56. The van der Waals surface area contributed by atoms with Crippen molar-refractivity contribution >= 4 is 17.7 Å². The molecule has 1 amide bonds. The molecule has 4 rings (SSSR count). The first kappa shape index (κ1) is 20.9. The summed E-state index contributed by atoms with van der Waals surface area (Å²) >= 11 is 0. The van der Waals surface area contributed by atoms with Crippen molar-refractivity contribution in [1.82, 2.24) is 14.9 Å². The highest BCUT2D eigenvalue weighted by Gasteiger charge is 2.21. The lowest BCUT2D eigenvalue weighted by molar-refractivity contribution is -0.119. The van der Waals surface area contributed by atoms with Crippen molar-refractivity contribution in [3.05, 3.63) is 78.2 Å². The number of rotatable bonds is 7. The maximum absolute atomic E-state index is 12.9. The first-order valence-electron chi connectivity index (χ1n) is 9.73. The number of esters is 1. The summed E-state index contributed by atoms with van der Waals surface area (Å²) in [5, 5.41) is 10.8. The summed E-state index contributed by atoms with van der Waals surface area (Å²) in [5.74, 6) is 0.200. The number of nitrogens with zero attached hydrogens (tertiary/aromatic N) is 3. The fourth-order valence-corrected chi connectivity index (χ4v) is 3.03. The lowest BCUT2D eigenvalue weighted by Gasteiger charge is -2.06. The molecule has 0 aliphatic rings. The summed E-state index contributed by atoms with van der Waals surface area (Å²) in [6.45, 7) is 1.21. The van der Waals surface area contributed by atoms with Crippen LogP contribution in [0.5, 0.6) is 5.75 Å². The van der Waals surface area contributed by atoms with Gasteiger partial charge in [-0.3, -0.25) is 4.79 Å². The van der Waals surface area contributed by atoms with Crippen molar-refractivity contribution in [1.29, 1.82) is 0 Å². The molecule has 4 aromatic rings. The zero-order valence-electron chi connectivity index (χ0n) is 17.4. The third-order valence-corrected chi connectivity index (χ3v) is 4.53. The maximum atomic E-state index is 12.9. The Kier molecular flexibility index (Phi) is 5.98. The predicted octanol–water partition coefficient (Wildman–Crippen LogP) is 3.64. The monoisotopic (exact) mass is 432 g/mol. The molecule has 0 bridgehead atoms. The van der Waals surface area contributed by atoms with E-state index in [4.69, 9.17) is 14.0 Å². The SMILES string of the molecule is COc1cccc(-c2nn(-c3ccccc3)cc2C(=O)OCC(=O)Nc2cc(C)on2)c1. The molecule has 0 saturated carbocycles. The Balaban J connectivity index is 1.58. The van der Waals surface area contributed by atoms with Gasteiger partial charge in [-0.05, 0) is 31.2 Å². The van der Waals surface area contributed by atoms with Gasteiger partial charge in [0.2, 0.25) is 0 Å². The van der Waals surface area contributed by atoms with E-state index >= 15 is 0 Å². The van der Waals surface area contributed by atoms with Crippen molar-refractivity contribution in [3.63, 3.8) is 0 Å². The zero-order valence-corrected chi connectivity index (χ0v) is 17.4. The molecule has 2 aromatic heterocycles. The highest BCUT2D eigenvalue weighted by molar-refractivity contribution is 5.98. The molecule has 2 aromatic carbocycles. The van der Waals surface area contributed by atoms with Crippen LogP contribution in [-0.4, -0.2) is 40.5 Å². The number of hydrogen-bond acceptors (Lipinski definition) is 7. The van der Waals surface area contributed by atoms with Gasteiger partial charge in [0.05, 0.1) is 12.8 Å². The van der Waals surface area contributed by atoms with E-state index in [9.17, 15) is 9.59 Å². The number of ether oxygens (including phenoxy) is 2. The number of carbonyl (C=O) groups is 2. The molecule has 0 aliphatic heterocycles. The standard InChI is InChI=1S/C23H20N4O5/c1-15-11-20(26-32-15)24-21(28)14-31-23(29)19-13-27(17-8-4-3-5-9-17)25-22(19)16-7-6-10-18(12-16)30-2/h3-13H,14H2,1-2H3,(H,24,26,28). The second kappa shape index (κ2) is 9.17. The van der Waals surface area contributed by atoms with Gasteiger partial charge in [0.15, 0.2) is 12.4 Å². The number of para-hydroxylation sites is 1. The van der Waals surface area contributed by atoms with E-state index in [1.165, 1.54) is 0 Å². The number of aryl methyl sites for hydroxylation is 1. The summed E-state index contributed by atoms with van der Waals surface area (Å²) < 4.78 is 17.0. The smallest absolute Gasteiger partial charge is 0.342 e. The molecule has 0 saturated heterocycles. The Hall–Kier alpha value is -4.40. The number of hydrogen-bond donors (Lipinski definition) is 1. The number of amides is 1. The lowest BCUT2D eigenvalue weighted by Crippen LogP contribution is -2.21. The van der Waals surface area contributed by atoms with E-state index in [-0.39, 0.29) is 11.4 Å². The topological polar surface area (TPSA) is 108 Å². The summed E-state index contributed by atoms with van der Waals surface area (Å²) in [5.41, 5.74) is 2.07. The van der Waals surface area contributed by atoms with Gasteiger partial charge in [-0.2, -0.15) is 5.10 Å². The Morgan fingerprint density at radius 1 is 1.09 bits per heavy atom. The molecule has 32 heavy (non-hydrogen) atoms. The van der Waals surface area contributed by atoms with Crippen LogP contribution in [-0.2, 0) is 9.53 Å². The van der Waals surface area contributed by atoms with Gasteiger partial charge in [-0.15, -0.1) is 0 Å². The van der Waals surface area contributed by atoms with Crippen molar-refractivity contribution in [3.8, 4) is 22.7 Å². The number of methoxy groups -OCH3 is 1. The second-order valence-electron chi connectivity index (χ2n) is 6.85. The quantitative estimate of drug-likeness (QED) is 0.444. The third-order valence-electron chi connectivity index (χ3n) is 4.53. The molecule has 2 heterocycles. The number of aromatic nitrogens is 3. The fourth-order valence-electron chi connectivity index (χ4n) is 3.03. The van der Waals surface area contributed by atoms with E-state index in [0.717, 1.165) is 5.69 Å². The van der Waals surface area contributed by atoms with Gasteiger partial charge in [0.25, 0.3) is 5.91 Å². The molecule has 9 heteroatoms. The van der Waals surface area contributed by atoms with Crippen LogP contribution in [0.4, 0.5) is 5.82 Å². The molecular weight excluding hydrogens is 412 g/mol. The van der Waals surface area contributed by atoms with Gasteiger partial charge >= 0.3 is 5.97 Å². The molecular formula is C23H20N4O5. The van der Waals surface area contributed by atoms with Crippen molar-refractivity contribution in [2.24, 2.45) is 0 Å². The van der Waals surface area contributed by atoms with Gasteiger partial charge in [0, 0.05) is 17.8 Å². The lowest BCUT2D eigenvalue weighted by atomic mass is 10.1. The number of anilines is 1. The van der Waals surface area contributed by atoms with Gasteiger partial charge in [-0.1, -0.05) is 35.5 Å². The van der Waals surface area contributed by atoms with E-state index in [1.54, 1.807) is 49.2 Å². The van der Waals surface area contributed by atoms with E-state index < -0.39 is 18.5 Å². The molecule has 0 aliphatic carbocycles. The molecule has 162 valence electrons. The third kappa shape index (κ3) is 4.67. The molecule has 0 unspecified atom stereocenters. The molecule has 1 N–H and O–H groups in total. The van der Waals surface area contributed by atoms with Crippen LogP contribution in [0.1, 0.15) is 16.1 Å². The molecule has 0 spiro atoms. The Bertz CT molecular complexity index is 1250. The van der Waals surface area contributed by atoms with Crippen LogP contribution < -0.4 is 10.1 Å². The molecule has 0 fully saturated rings. The Morgan fingerprint density at radius 2 is 1.91 bits per heavy atom. The van der Waals surface area contributed by atoms with Crippen LogP contribution in [0.25, 0.3) is 16.9 Å².